The molecule has 0 aromatic heterocycles. The molecular weight excluding hydrogens is 267 g/mol. The fraction of sp³-hybridized carbons (Fsp3) is 0.235. The first-order valence-electron chi connectivity index (χ1n) is 6.92. The van der Waals surface area contributed by atoms with Crippen LogP contribution < -0.4 is 10.6 Å². The highest BCUT2D eigenvalue weighted by molar-refractivity contribution is 5.97. The molecule has 0 aliphatic rings. The van der Waals surface area contributed by atoms with Crippen LogP contribution in [0, 0.1) is 12.7 Å². The average Bonchev–Trinajstić information content (AvgIpc) is 2.50. The van der Waals surface area contributed by atoms with Gasteiger partial charge < -0.3 is 10.6 Å². The van der Waals surface area contributed by atoms with Crippen molar-refractivity contribution in [2.24, 2.45) is 5.73 Å². The van der Waals surface area contributed by atoms with Gasteiger partial charge in [-0.3, -0.25) is 4.79 Å². The summed E-state index contributed by atoms with van der Waals surface area (Å²) in [7, 11) is 0. The summed E-state index contributed by atoms with van der Waals surface area (Å²) in [5.74, 6) is -0.741. The van der Waals surface area contributed by atoms with Crippen LogP contribution in [0.25, 0.3) is 0 Å². The van der Waals surface area contributed by atoms with Gasteiger partial charge in [0.25, 0.3) is 0 Å². The van der Waals surface area contributed by atoms with Crippen molar-refractivity contribution in [1.29, 1.82) is 0 Å². The monoisotopic (exact) mass is 286 g/mol. The number of carbonyl (C=O) groups is 1. The highest BCUT2D eigenvalue weighted by Gasteiger charge is 2.24. The molecule has 2 aromatic carbocycles. The van der Waals surface area contributed by atoms with Crippen molar-refractivity contribution in [3.63, 3.8) is 0 Å². The van der Waals surface area contributed by atoms with E-state index >= 15 is 0 Å². The van der Waals surface area contributed by atoms with Gasteiger partial charge in [0.05, 0.1) is 5.69 Å². The summed E-state index contributed by atoms with van der Waals surface area (Å²) < 4.78 is 13.9. The Kier molecular flexibility index (Phi) is 4.70. The molecule has 1 atom stereocenters. The molecule has 2 aromatic rings. The van der Waals surface area contributed by atoms with E-state index in [0.29, 0.717) is 6.54 Å². The smallest absolute Gasteiger partial charge is 0.248 e. The Morgan fingerprint density at radius 2 is 1.81 bits per heavy atom. The highest BCUT2D eigenvalue weighted by Crippen LogP contribution is 2.22. The number of hydrogen-bond acceptors (Lipinski definition) is 2. The van der Waals surface area contributed by atoms with E-state index in [0.717, 1.165) is 11.1 Å². The first-order chi connectivity index (χ1) is 10.0. The number of nitrogens with zero attached hydrogens (tertiary/aromatic N) is 1. The summed E-state index contributed by atoms with van der Waals surface area (Å²) in [6.07, 6.45) is 0. The minimum absolute atomic E-state index is 0.257. The molecule has 0 bridgehead atoms. The molecule has 0 saturated heterocycles. The molecule has 2 N–H and O–H groups in total. The van der Waals surface area contributed by atoms with Gasteiger partial charge in [-0.2, -0.15) is 0 Å². The summed E-state index contributed by atoms with van der Waals surface area (Å²) in [6.45, 7) is 4.13. The van der Waals surface area contributed by atoms with Crippen LogP contribution in [0.2, 0.25) is 0 Å². The van der Waals surface area contributed by atoms with Crippen LogP contribution in [0.4, 0.5) is 10.1 Å². The van der Waals surface area contributed by atoms with E-state index in [2.05, 4.69) is 0 Å². The lowest BCUT2D eigenvalue weighted by atomic mass is 10.0. The number of anilines is 1. The van der Waals surface area contributed by atoms with Crippen molar-refractivity contribution < 1.29 is 9.18 Å². The Bertz CT molecular complexity index is 625. The maximum absolute atomic E-state index is 13.9. The lowest BCUT2D eigenvalue weighted by Crippen LogP contribution is -2.39. The van der Waals surface area contributed by atoms with Crippen LogP contribution in [0.3, 0.4) is 0 Å². The molecule has 3 nitrogen and oxygen atoms in total. The van der Waals surface area contributed by atoms with E-state index in [9.17, 15) is 9.18 Å². The predicted molar refractivity (Wildman–Crippen MR) is 82.5 cm³/mol. The summed E-state index contributed by atoms with van der Waals surface area (Å²) in [5.41, 5.74) is 8.12. The molecule has 0 aliphatic carbocycles. The fourth-order valence-electron chi connectivity index (χ4n) is 2.20. The van der Waals surface area contributed by atoms with Crippen LogP contribution >= 0.6 is 0 Å². The third kappa shape index (κ3) is 3.28. The molecule has 0 radical (unpaired) electrons. The Labute approximate surface area is 124 Å². The van der Waals surface area contributed by atoms with Gasteiger partial charge in [0.15, 0.2) is 0 Å². The summed E-state index contributed by atoms with van der Waals surface area (Å²) in [5, 5.41) is 0. The quantitative estimate of drug-likeness (QED) is 0.938. The van der Waals surface area contributed by atoms with E-state index in [1.54, 1.807) is 25.1 Å². The van der Waals surface area contributed by atoms with E-state index in [1.807, 2.05) is 31.2 Å². The second kappa shape index (κ2) is 6.50. The Balaban J connectivity index is 2.28. The maximum Gasteiger partial charge on any atom is 0.248 e. The minimum Gasteiger partial charge on any atom is -0.316 e. The van der Waals surface area contributed by atoms with E-state index in [1.165, 1.54) is 11.0 Å². The van der Waals surface area contributed by atoms with Gasteiger partial charge in [0, 0.05) is 6.54 Å². The molecule has 21 heavy (non-hydrogen) atoms. The van der Waals surface area contributed by atoms with Crippen molar-refractivity contribution >= 4 is 11.6 Å². The first-order valence-corrected chi connectivity index (χ1v) is 6.92. The van der Waals surface area contributed by atoms with Crippen LogP contribution in [-0.2, 0) is 4.79 Å². The molecular formula is C17H19FN2O. The van der Waals surface area contributed by atoms with Crippen molar-refractivity contribution in [2.75, 3.05) is 11.4 Å². The normalized spacial score (nSPS) is 12.0. The van der Waals surface area contributed by atoms with Crippen molar-refractivity contribution in [3.05, 3.63) is 65.5 Å². The third-order valence-electron chi connectivity index (χ3n) is 3.43. The molecule has 4 heteroatoms. The van der Waals surface area contributed by atoms with Gasteiger partial charge in [-0.15, -0.1) is 0 Å². The molecule has 110 valence electrons. The highest BCUT2D eigenvalue weighted by atomic mass is 19.1. The van der Waals surface area contributed by atoms with Crippen LogP contribution in [-0.4, -0.2) is 12.5 Å². The van der Waals surface area contributed by atoms with E-state index in [-0.39, 0.29) is 11.6 Å². The summed E-state index contributed by atoms with van der Waals surface area (Å²) in [6, 6.07) is 12.9. The zero-order chi connectivity index (χ0) is 15.4. The third-order valence-corrected chi connectivity index (χ3v) is 3.43. The number of aryl methyl sites for hydroxylation is 1. The van der Waals surface area contributed by atoms with Gasteiger partial charge in [0.1, 0.15) is 11.9 Å². The number of carbonyl (C=O) groups excluding carboxylic acids is 1. The molecule has 0 saturated carbocycles. The Morgan fingerprint density at radius 1 is 1.19 bits per heavy atom. The second-order valence-corrected chi connectivity index (χ2v) is 4.92. The molecule has 0 fully saturated rings. The number of nitrogens with two attached hydrogens (primary N) is 1. The van der Waals surface area contributed by atoms with Gasteiger partial charge in [-0.05, 0) is 31.5 Å². The zero-order valence-corrected chi connectivity index (χ0v) is 12.2. The second-order valence-electron chi connectivity index (χ2n) is 4.92. The zero-order valence-electron chi connectivity index (χ0n) is 12.2. The lowest BCUT2D eigenvalue weighted by molar-refractivity contribution is -0.119. The maximum atomic E-state index is 13.9. The fourth-order valence-corrected chi connectivity index (χ4v) is 2.20. The Morgan fingerprint density at radius 3 is 2.38 bits per heavy atom. The SMILES string of the molecule is CCN(C(=O)C(N)c1ccc(C)cc1)c1ccccc1F. The number of halogens is 1. The van der Waals surface area contributed by atoms with E-state index < -0.39 is 11.9 Å². The number of hydrogen-bond donors (Lipinski definition) is 1. The van der Waals surface area contributed by atoms with Gasteiger partial charge in [-0.1, -0.05) is 42.0 Å². The number of benzene rings is 2. The van der Waals surface area contributed by atoms with Crippen molar-refractivity contribution in [1.82, 2.24) is 0 Å². The number of amides is 1. The lowest BCUT2D eigenvalue weighted by Gasteiger charge is -2.25. The molecule has 1 unspecified atom stereocenters. The summed E-state index contributed by atoms with van der Waals surface area (Å²) in [4.78, 5) is 13.9. The van der Waals surface area contributed by atoms with Crippen LogP contribution in [0.15, 0.2) is 48.5 Å². The number of likely N-dealkylation sites (N-methyl/N-ethyl adjacent to an activating group) is 1. The van der Waals surface area contributed by atoms with Gasteiger partial charge >= 0.3 is 0 Å². The minimum atomic E-state index is -0.801. The average molecular weight is 286 g/mol. The molecule has 1 amide bonds. The first kappa shape index (κ1) is 15.2. The standard InChI is InChI=1S/C17H19FN2O/c1-3-20(15-7-5-4-6-14(15)18)17(21)16(19)13-10-8-12(2)9-11-13/h4-11,16H,3,19H2,1-2H3. The number of rotatable bonds is 4. The van der Waals surface area contributed by atoms with E-state index in [4.69, 9.17) is 5.73 Å². The number of para-hydroxylation sites is 1. The van der Waals surface area contributed by atoms with Gasteiger partial charge in [-0.25, -0.2) is 4.39 Å². The predicted octanol–water partition coefficient (Wildman–Crippen LogP) is 3.19. The molecule has 0 heterocycles. The van der Waals surface area contributed by atoms with Crippen LogP contribution in [0.1, 0.15) is 24.1 Å². The van der Waals surface area contributed by atoms with Crippen molar-refractivity contribution in [3.8, 4) is 0 Å². The van der Waals surface area contributed by atoms with Crippen molar-refractivity contribution in [2.45, 2.75) is 19.9 Å². The molecule has 0 aliphatic heterocycles. The van der Waals surface area contributed by atoms with Gasteiger partial charge in [0.2, 0.25) is 5.91 Å². The molecule has 2 rings (SSSR count). The Hall–Kier alpha value is -2.20. The largest absolute Gasteiger partial charge is 0.316 e. The summed E-state index contributed by atoms with van der Waals surface area (Å²) >= 11 is 0. The topological polar surface area (TPSA) is 46.3 Å². The molecule has 0 spiro atoms. The van der Waals surface area contributed by atoms with Crippen LogP contribution in [0.5, 0.6) is 0 Å².